The van der Waals surface area contributed by atoms with E-state index in [0.29, 0.717) is 6.42 Å². The highest BCUT2D eigenvalue weighted by molar-refractivity contribution is 5.85. The third-order valence-electron chi connectivity index (χ3n) is 7.30. The fourth-order valence-electron chi connectivity index (χ4n) is 5.62. The number of benzene rings is 3. The number of alkyl halides is 1. The minimum atomic E-state index is -1.59. The van der Waals surface area contributed by atoms with Gasteiger partial charge in [0.15, 0.2) is 0 Å². The Kier molecular flexibility index (Phi) is 7.12. The largest absolute Gasteiger partial charge is 0.478 e. The van der Waals surface area contributed by atoms with Gasteiger partial charge in [0.25, 0.3) is 0 Å². The molecule has 0 aliphatic carbocycles. The van der Waals surface area contributed by atoms with Gasteiger partial charge >= 0.3 is 5.97 Å². The number of carboxylic acid groups (broad SMARTS) is 1. The van der Waals surface area contributed by atoms with E-state index in [2.05, 4.69) is 41.7 Å². The standard InChI is InChI=1S/C32H31F3N2O2/c1-19-13-24-17-21(22-8-10-28-23(16-22)5-4-12-36-28)7-9-25(24)31(37(19)18-32(2,3)35)30-26(33)14-20(15-27(30)34)6-11-29(38)39/h4-11,14-17,19,31,36H,12-13,18H2,1-3H3,(H,38,39)/b11-6+. The van der Waals surface area contributed by atoms with Crippen LogP contribution in [-0.2, 0) is 11.2 Å². The molecule has 2 atom stereocenters. The second-order valence-electron chi connectivity index (χ2n) is 10.9. The lowest BCUT2D eigenvalue weighted by Crippen LogP contribution is -2.48. The highest BCUT2D eigenvalue weighted by Gasteiger charge is 2.39. The molecule has 0 aromatic heterocycles. The van der Waals surface area contributed by atoms with Gasteiger partial charge < -0.3 is 10.4 Å². The van der Waals surface area contributed by atoms with Gasteiger partial charge in [0.05, 0.1) is 6.04 Å². The molecule has 2 aliphatic rings. The number of fused-ring (bicyclic) bond motifs is 2. The zero-order chi connectivity index (χ0) is 27.9. The van der Waals surface area contributed by atoms with Crippen molar-refractivity contribution < 1.29 is 23.1 Å². The van der Waals surface area contributed by atoms with E-state index in [-0.39, 0.29) is 23.7 Å². The molecule has 4 nitrogen and oxygen atoms in total. The van der Waals surface area contributed by atoms with Crippen LogP contribution in [0.5, 0.6) is 0 Å². The first-order valence-electron chi connectivity index (χ1n) is 13.0. The Balaban J connectivity index is 1.61. The lowest BCUT2D eigenvalue weighted by molar-refractivity contribution is -0.131. The maximum absolute atomic E-state index is 15.6. The number of halogens is 3. The molecule has 3 aromatic carbocycles. The van der Waals surface area contributed by atoms with Gasteiger partial charge in [0, 0.05) is 36.5 Å². The molecule has 202 valence electrons. The van der Waals surface area contributed by atoms with Crippen molar-refractivity contribution in [2.45, 2.75) is 44.9 Å². The summed E-state index contributed by atoms with van der Waals surface area (Å²) in [6.45, 7) is 5.65. The summed E-state index contributed by atoms with van der Waals surface area (Å²) < 4.78 is 46.2. The summed E-state index contributed by atoms with van der Waals surface area (Å²) in [4.78, 5) is 12.7. The van der Waals surface area contributed by atoms with Gasteiger partial charge in [-0.2, -0.15) is 0 Å². The fraction of sp³-hybridized carbons (Fsp3) is 0.281. The normalized spacial score (nSPS) is 19.0. The lowest BCUT2D eigenvalue weighted by Gasteiger charge is -2.44. The molecular formula is C32H31F3N2O2. The quantitative estimate of drug-likeness (QED) is 0.328. The van der Waals surface area contributed by atoms with Crippen molar-refractivity contribution in [1.82, 2.24) is 4.90 Å². The van der Waals surface area contributed by atoms with Crippen LogP contribution in [0.3, 0.4) is 0 Å². The van der Waals surface area contributed by atoms with E-state index in [9.17, 15) is 9.18 Å². The highest BCUT2D eigenvalue weighted by atomic mass is 19.1. The SMILES string of the molecule is CC1Cc2cc(-c3ccc4c(c3)C=CCN4)ccc2C(c2c(F)cc(/C=C/C(=O)O)cc2F)N1CC(C)(C)F. The van der Waals surface area contributed by atoms with Gasteiger partial charge in [-0.3, -0.25) is 4.90 Å². The molecule has 0 spiro atoms. The van der Waals surface area contributed by atoms with Crippen molar-refractivity contribution in [3.8, 4) is 11.1 Å². The molecule has 5 rings (SSSR count). The van der Waals surface area contributed by atoms with E-state index in [1.54, 1.807) is 0 Å². The first-order chi connectivity index (χ1) is 18.5. The van der Waals surface area contributed by atoms with Crippen LogP contribution in [-0.4, -0.2) is 40.8 Å². The summed E-state index contributed by atoms with van der Waals surface area (Å²) in [5, 5.41) is 12.2. The first-order valence-corrected chi connectivity index (χ1v) is 13.0. The van der Waals surface area contributed by atoms with Crippen LogP contribution >= 0.6 is 0 Å². The zero-order valence-corrected chi connectivity index (χ0v) is 22.1. The average molecular weight is 533 g/mol. The van der Waals surface area contributed by atoms with Crippen molar-refractivity contribution in [3.63, 3.8) is 0 Å². The van der Waals surface area contributed by atoms with Crippen LogP contribution in [0.15, 0.2) is 60.7 Å². The number of aliphatic carboxylic acids is 1. The van der Waals surface area contributed by atoms with E-state index >= 15 is 8.78 Å². The Hall–Kier alpha value is -3.84. The van der Waals surface area contributed by atoms with E-state index in [4.69, 9.17) is 5.11 Å². The maximum atomic E-state index is 15.6. The zero-order valence-electron chi connectivity index (χ0n) is 22.1. The van der Waals surface area contributed by atoms with Crippen molar-refractivity contribution in [1.29, 1.82) is 0 Å². The number of nitrogens with zero attached hydrogens (tertiary/aromatic N) is 1. The second-order valence-corrected chi connectivity index (χ2v) is 10.9. The molecule has 2 aliphatic heterocycles. The first kappa shape index (κ1) is 26.8. The Morgan fingerprint density at radius 3 is 2.49 bits per heavy atom. The molecule has 2 N–H and O–H groups in total. The molecule has 0 amide bonds. The summed E-state index contributed by atoms with van der Waals surface area (Å²) in [6.07, 6.45) is 6.73. The monoisotopic (exact) mass is 532 g/mol. The Morgan fingerprint density at radius 1 is 1.10 bits per heavy atom. The molecule has 0 radical (unpaired) electrons. The summed E-state index contributed by atoms with van der Waals surface area (Å²) >= 11 is 0. The number of rotatable bonds is 6. The Morgan fingerprint density at radius 2 is 1.79 bits per heavy atom. The van der Waals surface area contributed by atoms with Crippen LogP contribution in [0.25, 0.3) is 23.3 Å². The molecular weight excluding hydrogens is 501 g/mol. The van der Waals surface area contributed by atoms with Gasteiger partial charge in [-0.1, -0.05) is 36.4 Å². The van der Waals surface area contributed by atoms with Gasteiger partial charge in [0.2, 0.25) is 0 Å². The van der Waals surface area contributed by atoms with E-state index in [1.807, 2.05) is 24.0 Å². The van der Waals surface area contributed by atoms with Crippen LogP contribution in [0, 0.1) is 11.6 Å². The van der Waals surface area contributed by atoms with Gasteiger partial charge in [-0.15, -0.1) is 0 Å². The van der Waals surface area contributed by atoms with Crippen molar-refractivity contribution in [3.05, 3.63) is 100 Å². The molecule has 0 saturated heterocycles. The van der Waals surface area contributed by atoms with Crippen LogP contribution in [0.1, 0.15) is 54.6 Å². The molecule has 0 saturated carbocycles. The Labute approximate surface area is 226 Å². The number of nitrogens with one attached hydrogen (secondary N) is 1. The van der Waals surface area contributed by atoms with Crippen LogP contribution in [0.4, 0.5) is 18.9 Å². The van der Waals surface area contributed by atoms with Gasteiger partial charge in [-0.25, -0.2) is 18.0 Å². The molecule has 0 bridgehead atoms. The molecule has 7 heteroatoms. The van der Waals surface area contributed by atoms with Crippen molar-refractivity contribution in [2.24, 2.45) is 0 Å². The third-order valence-corrected chi connectivity index (χ3v) is 7.30. The predicted molar refractivity (Wildman–Crippen MR) is 149 cm³/mol. The number of hydrogen-bond acceptors (Lipinski definition) is 3. The molecule has 0 fully saturated rings. The molecule has 3 aromatic rings. The number of hydrogen-bond donors (Lipinski definition) is 2. The van der Waals surface area contributed by atoms with E-state index in [0.717, 1.165) is 64.3 Å². The molecule has 2 unspecified atom stereocenters. The topological polar surface area (TPSA) is 52.6 Å². The van der Waals surface area contributed by atoms with Crippen LogP contribution in [0.2, 0.25) is 0 Å². The molecule has 39 heavy (non-hydrogen) atoms. The van der Waals surface area contributed by atoms with E-state index in [1.165, 1.54) is 13.8 Å². The summed E-state index contributed by atoms with van der Waals surface area (Å²) in [5.41, 5.74) is 4.23. The average Bonchev–Trinajstić information content (AvgIpc) is 2.87. The minimum absolute atomic E-state index is 0.0102. The second kappa shape index (κ2) is 10.4. The predicted octanol–water partition coefficient (Wildman–Crippen LogP) is 7.25. The minimum Gasteiger partial charge on any atom is -0.478 e. The number of anilines is 1. The summed E-state index contributed by atoms with van der Waals surface area (Å²) in [5.74, 6) is -2.82. The summed E-state index contributed by atoms with van der Waals surface area (Å²) in [6, 6.07) is 13.3. The molecule has 2 heterocycles. The van der Waals surface area contributed by atoms with Crippen LogP contribution < -0.4 is 5.32 Å². The summed E-state index contributed by atoms with van der Waals surface area (Å²) in [7, 11) is 0. The van der Waals surface area contributed by atoms with Crippen molar-refractivity contribution >= 4 is 23.8 Å². The Bertz CT molecular complexity index is 1470. The maximum Gasteiger partial charge on any atom is 0.328 e. The fourth-order valence-corrected chi connectivity index (χ4v) is 5.62. The van der Waals surface area contributed by atoms with Crippen molar-refractivity contribution in [2.75, 3.05) is 18.4 Å². The van der Waals surface area contributed by atoms with Gasteiger partial charge in [0.1, 0.15) is 17.3 Å². The third kappa shape index (κ3) is 5.64. The number of carboxylic acids is 1. The smallest absolute Gasteiger partial charge is 0.328 e. The van der Waals surface area contributed by atoms with Gasteiger partial charge in [-0.05, 0) is 90.9 Å². The van der Waals surface area contributed by atoms with E-state index < -0.39 is 29.3 Å². The lowest BCUT2D eigenvalue weighted by atomic mass is 9.82. The highest BCUT2D eigenvalue weighted by Crippen LogP contribution is 2.42. The number of carbonyl (C=O) groups is 1.